The Hall–Kier alpha value is -1.07. The molecule has 0 aliphatic carbocycles. The zero-order valence-electron chi connectivity index (χ0n) is 9.40. The summed E-state index contributed by atoms with van der Waals surface area (Å²) >= 11 is 9.25. The lowest BCUT2D eigenvalue weighted by Gasteiger charge is -2.22. The van der Waals surface area contributed by atoms with E-state index in [2.05, 4.69) is 15.9 Å². The largest absolute Gasteiger partial charge is 0.480 e. The summed E-state index contributed by atoms with van der Waals surface area (Å²) < 4.78 is 0.737. The van der Waals surface area contributed by atoms with Crippen molar-refractivity contribution in [2.75, 3.05) is 6.54 Å². The van der Waals surface area contributed by atoms with Crippen LogP contribution in [0.25, 0.3) is 0 Å². The summed E-state index contributed by atoms with van der Waals surface area (Å²) in [5.74, 6) is -1.29. The first-order chi connectivity index (χ1) is 8.50. The van der Waals surface area contributed by atoms with Crippen molar-refractivity contribution in [1.82, 2.24) is 4.90 Å². The van der Waals surface area contributed by atoms with Crippen LogP contribution in [0.3, 0.4) is 0 Å². The van der Waals surface area contributed by atoms with Gasteiger partial charge < -0.3 is 10.0 Å². The summed E-state index contributed by atoms with van der Waals surface area (Å²) in [4.78, 5) is 24.7. The predicted molar refractivity (Wildman–Crippen MR) is 70.8 cm³/mol. The van der Waals surface area contributed by atoms with Gasteiger partial charge in [-0.25, -0.2) is 4.79 Å². The molecule has 1 atom stereocenters. The fraction of sp³-hybridized carbons (Fsp3) is 0.333. The number of rotatable bonds is 2. The number of benzene rings is 1. The number of hydrogen-bond acceptors (Lipinski definition) is 2. The molecule has 1 fully saturated rings. The lowest BCUT2D eigenvalue weighted by Crippen LogP contribution is -2.40. The van der Waals surface area contributed by atoms with Crippen LogP contribution in [0, 0.1) is 0 Å². The molecule has 1 aliphatic rings. The molecule has 96 valence electrons. The Balaban J connectivity index is 2.31. The third-order valence-corrected chi connectivity index (χ3v) is 3.78. The van der Waals surface area contributed by atoms with Gasteiger partial charge in [0.15, 0.2) is 0 Å². The third-order valence-electron chi connectivity index (χ3n) is 2.96. The van der Waals surface area contributed by atoms with E-state index in [1.54, 1.807) is 18.2 Å². The average Bonchev–Trinajstić information content (AvgIpc) is 2.80. The molecule has 1 aliphatic heterocycles. The number of halogens is 2. The number of aliphatic carboxylic acids is 1. The maximum absolute atomic E-state index is 12.3. The fourth-order valence-electron chi connectivity index (χ4n) is 2.08. The van der Waals surface area contributed by atoms with Crippen LogP contribution in [0.4, 0.5) is 0 Å². The second-order valence-corrected chi connectivity index (χ2v) is 5.44. The van der Waals surface area contributed by atoms with E-state index in [9.17, 15) is 9.59 Å². The van der Waals surface area contributed by atoms with Crippen LogP contribution >= 0.6 is 27.5 Å². The standard InChI is InChI=1S/C12H11BrClNO3/c13-7-3-4-9(14)8(6-7)11(16)15-5-1-2-10(15)12(17)18/h3-4,6,10H,1-2,5H2,(H,17,18). The Morgan fingerprint density at radius 3 is 2.83 bits per heavy atom. The lowest BCUT2D eigenvalue weighted by molar-refractivity contribution is -0.141. The minimum Gasteiger partial charge on any atom is -0.480 e. The first-order valence-electron chi connectivity index (χ1n) is 5.49. The van der Waals surface area contributed by atoms with Crippen LogP contribution < -0.4 is 0 Å². The molecule has 4 nitrogen and oxygen atoms in total. The van der Waals surface area contributed by atoms with E-state index in [4.69, 9.17) is 16.7 Å². The van der Waals surface area contributed by atoms with Crippen LogP contribution in [0.2, 0.25) is 5.02 Å². The van der Waals surface area contributed by atoms with Gasteiger partial charge in [-0.3, -0.25) is 4.79 Å². The van der Waals surface area contributed by atoms with Crippen molar-refractivity contribution in [3.8, 4) is 0 Å². The highest BCUT2D eigenvalue weighted by Gasteiger charge is 2.35. The molecule has 0 bridgehead atoms. The topological polar surface area (TPSA) is 57.6 Å². The number of likely N-dealkylation sites (tertiary alicyclic amines) is 1. The van der Waals surface area contributed by atoms with E-state index >= 15 is 0 Å². The maximum atomic E-state index is 12.3. The Morgan fingerprint density at radius 2 is 2.17 bits per heavy atom. The van der Waals surface area contributed by atoms with Crippen LogP contribution in [0.15, 0.2) is 22.7 Å². The fourth-order valence-corrected chi connectivity index (χ4v) is 2.64. The number of carboxylic acid groups (broad SMARTS) is 1. The zero-order chi connectivity index (χ0) is 13.3. The Morgan fingerprint density at radius 1 is 1.44 bits per heavy atom. The van der Waals surface area contributed by atoms with Crippen molar-refractivity contribution >= 4 is 39.4 Å². The minimum absolute atomic E-state index is 0.328. The van der Waals surface area contributed by atoms with Gasteiger partial charge in [0, 0.05) is 11.0 Å². The molecule has 0 radical (unpaired) electrons. The van der Waals surface area contributed by atoms with Crippen LogP contribution in [0.1, 0.15) is 23.2 Å². The second kappa shape index (κ2) is 5.28. The Kier molecular flexibility index (Phi) is 3.92. The minimum atomic E-state index is -0.966. The van der Waals surface area contributed by atoms with Gasteiger partial charge in [-0.05, 0) is 31.0 Å². The molecule has 1 unspecified atom stereocenters. The molecule has 1 heterocycles. The number of carboxylic acids is 1. The van der Waals surface area contributed by atoms with Crippen molar-refractivity contribution in [2.24, 2.45) is 0 Å². The van der Waals surface area contributed by atoms with E-state index < -0.39 is 12.0 Å². The molecule has 6 heteroatoms. The average molecular weight is 333 g/mol. The molecule has 0 aromatic heterocycles. The number of nitrogens with zero attached hydrogens (tertiary/aromatic N) is 1. The highest BCUT2D eigenvalue weighted by Crippen LogP contribution is 2.26. The summed E-state index contributed by atoms with van der Waals surface area (Å²) in [6, 6.07) is 4.22. The molecular weight excluding hydrogens is 321 g/mol. The van der Waals surface area contributed by atoms with Crippen molar-refractivity contribution in [2.45, 2.75) is 18.9 Å². The molecule has 1 aromatic rings. The van der Waals surface area contributed by atoms with Gasteiger partial charge in [0.2, 0.25) is 0 Å². The number of hydrogen-bond donors (Lipinski definition) is 1. The summed E-state index contributed by atoms with van der Waals surface area (Å²) in [5.41, 5.74) is 0.333. The summed E-state index contributed by atoms with van der Waals surface area (Å²) in [7, 11) is 0. The van der Waals surface area contributed by atoms with Crippen LogP contribution in [0.5, 0.6) is 0 Å². The molecule has 1 N–H and O–H groups in total. The quantitative estimate of drug-likeness (QED) is 0.906. The van der Waals surface area contributed by atoms with E-state index in [1.165, 1.54) is 4.90 Å². The molecule has 1 aromatic carbocycles. The van der Waals surface area contributed by atoms with Crippen molar-refractivity contribution < 1.29 is 14.7 Å². The van der Waals surface area contributed by atoms with Crippen molar-refractivity contribution in [1.29, 1.82) is 0 Å². The molecular formula is C12H11BrClNO3. The summed E-state index contributed by atoms with van der Waals surface area (Å²) in [6.45, 7) is 0.457. The van der Waals surface area contributed by atoms with E-state index in [-0.39, 0.29) is 5.91 Å². The summed E-state index contributed by atoms with van der Waals surface area (Å²) in [6.07, 6.45) is 1.20. The van der Waals surface area contributed by atoms with Gasteiger partial charge in [-0.15, -0.1) is 0 Å². The third kappa shape index (κ3) is 2.52. The molecule has 0 spiro atoms. The summed E-state index contributed by atoms with van der Waals surface area (Å²) in [5, 5.41) is 9.40. The van der Waals surface area contributed by atoms with Crippen LogP contribution in [-0.2, 0) is 4.79 Å². The van der Waals surface area contributed by atoms with Crippen molar-refractivity contribution in [3.05, 3.63) is 33.3 Å². The molecule has 18 heavy (non-hydrogen) atoms. The number of carbonyl (C=O) groups is 2. The molecule has 1 saturated heterocycles. The van der Waals surface area contributed by atoms with E-state index in [0.29, 0.717) is 30.0 Å². The molecule has 1 amide bonds. The Labute approximate surface area is 118 Å². The Bertz CT molecular complexity index is 506. The molecule has 2 rings (SSSR count). The second-order valence-electron chi connectivity index (χ2n) is 4.12. The monoisotopic (exact) mass is 331 g/mol. The molecule has 0 saturated carbocycles. The lowest BCUT2D eigenvalue weighted by atomic mass is 10.1. The van der Waals surface area contributed by atoms with Gasteiger partial charge in [-0.1, -0.05) is 27.5 Å². The highest BCUT2D eigenvalue weighted by atomic mass is 79.9. The van der Waals surface area contributed by atoms with Gasteiger partial charge in [0.05, 0.1) is 10.6 Å². The van der Waals surface area contributed by atoms with E-state index in [1.807, 2.05) is 0 Å². The van der Waals surface area contributed by atoms with Gasteiger partial charge in [-0.2, -0.15) is 0 Å². The van der Waals surface area contributed by atoms with Crippen LogP contribution in [-0.4, -0.2) is 34.5 Å². The maximum Gasteiger partial charge on any atom is 0.326 e. The van der Waals surface area contributed by atoms with Crippen molar-refractivity contribution in [3.63, 3.8) is 0 Å². The number of amides is 1. The smallest absolute Gasteiger partial charge is 0.326 e. The first kappa shape index (κ1) is 13.4. The number of carbonyl (C=O) groups excluding carboxylic acids is 1. The zero-order valence-corrected chi connectivity index (χ0v) is 11.7. The van der Waals surface area contributed by atoms with Gasteiger partial charge >= 0.3 is 5.97 Å². The van der Waals surface area contributed by atoms with Gasteiger partial charge in [0.1, 0.15) is 6.04 Å². The van der Waals surface area contributed by atoms with E-state index in [0.717, 1.165) is 4.47 Å². The normalized spacial score (nSPS) is 19.0. The highest BCUT2D eigenvalue weighted by molar-refractivity contribution is 9.10. The predicted octanol–water partition coefficient (Wildman–Crippen LogP) is 2.79. The SMILES string of the molecule is O=C(O)C1CCCN1C(=O)c1cc(Br)ccc1Cl. The van der Waals surface area contributed by atoms with Gasteiger partial charge in [0.25, 0.3) is 5.91 Å². The first-order valence-corrected chi connectivity index (χ1v) is 6.66.